The molecule has 1 aromatic heterocycles. The van der Waals surface area contributed by atoms with E-state index in [1.165, 1.54) is 11.0 Å². The van der Waals surface area contributed by atoms with Crippen molar-refractivity contribution >= 4 is 21.8 Å². The summed E-state index contributed by atoms with van der Waals surface area (Å²) in [6, 6.07) is 14.9. The molecular formula is C16H14BrN5O. The Morgan fingerprint density at radius 2 is 1.91 bits per heavy atom. The van der Waals surface area contributed by atoms with Gasteiger partial charge in [0.1, 0.15) is 6.33 Å². The smallest absolute Gasteiger partial charge is 0.253 e. The van der Waals surface area contributed by atoms with Crippen LogP contribution in [0.3, 0.4) is 0 Å². The van der Waals surface area contributed by atoms with Gasteiger partial charge in [-0.1, -0.05) is 46.3 Å². The van der Waals surface area contributed by atoms with Crippen LogP contribution in [0.25, 0.3) is 5.69 Å². The van der Waals surface area contributed by atoms with E-state index in [-0.39, 0.29) is 11.9 Å². The van der Waals surface area contributed by atoms with Crippen LogP contribution in [0.2, 0.25) is 0 Å². The van der Waals surface area contributed by atoms with Gasteiger partial charge in [-0.25, -0.2) is 0 Å². The highest BCUT2D eigenvalue weighted by molar-refractivity contribution is 9.10. The molecule has 23 heavy (non-hydrogen) atoms. The Morgan fingerprint density at radius 1 is 1.17 bits per heavy atom. The Labute approximate surface area is 141 Å². The lowest BCUT2D eigenvalue weighted by Crippen LogP contribution is -2.28. The first-order chi connectivity index (χ1) is 11.2. The van der Waals surface area contributed by atoms with Crippen molar-refractivity contribution in [3.63, 3.8) is 0 Å². The van der Waals surface area contributed by atoms with Gasteiger partial charge >= 0.3 is 0 Å². The molecule has 116 valence electrons. The Morgan fingerprint density at radius 3 is 2.65 bits per heavy atom. The molecule has 0 radical (unpaired) electrons. The van der Waals surface area contributed by atoms with Crippen molar-refractivity contribution in [2.24, 2.45) is 0 Å². The molecule has 0 fully saturated rings. The SMILES string of the molecule is C[C@@H](NC(=O)c1ccccc1-n1cnnn1)c1ccccc1Br. The number of tetrazole rings is 1. The zero-order chi connectivity index (χ0) is 16.2. The molecule has 0 saturated carbocycles. The van der Waals surface area contributed by atoms with E-state index in [4.69, 9.17) is 0 Å². The number of halogens is 1. The van der Waals surface area contributed by atoms with Gasteiger partial charge in [-0.3, -0.25) is 4.79 Å². The summed E-state index contributed by atoms with van der Waals surface area (Å²) in [7, 11) is 0. The van der Waals surface area contributed by atoms with E-state index < -0.39 is 0 Å². The van der Waals surface area contributed by atoms with Crippen molar-refractivity contribution in [1.82, 2.24) is 25.5 Å². The maximum Gasteiger partial charge on any atom is 0.253 e. The minimum Gasteiger partial charge on any atom is -0.345 e. The minimum absolute atomic E-state index is 0.139. The van der Waals surface area contributed by atoms with E-state index in [2.05, 4.69) is 36.8 Å². The van der Waals surface area contributed by atoms with Crippen molar-refractivity contribution in [3.8, 4) is 5.69 Å². The normalized spacial score (nSPS) is 11.9. The number of nitrogens with zero attached hydrogens (tertiary/aromatic N) is 4. The van der Waals surface area contributed by atoms with Gasteiger partial charge in [0, 0.05) is 4.47 Å². The molecule has 0 unspecified atom stereocenters. The van der Waals surface area contributed by atoms with Gasteiger partial charge in [0.15, 0.2) is 0 Å². The second kappa shape index (κ2) is 6.70. The Kier molecular flexibility index (Phi) is 4.47. The van der Waals surface area contributed by atoms with Gasteiger partial charge in [-0.2, -0.15) is 4.68 Å². The van der Waals surface area contributed by atoms with E-state index >= 15 is 0 Å². The van der Waals surface area contributed by atoms with Gasteiger partial charge in [0.25, 0.3) is 5.91 Å². The van der Waals surface area contributed by atoms with Gasteiger partial charge in [0.05, 0.1) is 17.3 Å². The molecule has 1 heterocycles. The second-order valence-corrected chi connectivity index (χ2v) is 5.84. The van der Waals surface area contributed by atoms with E-state index in [1.807, 2.05) is 43.3 Å². The van der Waals surface area contributed by atoms with Crippen molar-refractivity contribution in [1.29, 1.82) is 0 Å². The summed E-state index contributed by atoms with van der Waals surface area (Å²) in [5.41, 5.74) is 2.16. The maximum atomic E-state index is 12.6. The standard InChI is InChI=1S/C16H14BrN5O/c1-11(12-6-2-4-8-14(12)17)19-16(23)13-7-3-5-9-15(13)22-10-18-20-21-22/h2-11H,1H3,(H,19,23)/t11-/m1/s1. The zero-order valence-electron chi connectivity index (χ0n) is 12.3. The quantitative estimate of drug-likeness (QED) is 0.765. The number of benzene rings is 2. The first-order valence-corrected chi connectivity index (χ1v) is 7.84. The van der Waals surface area contributed by atoms with Crippen molar-refractivity contribution < 1.29 is 4.79 Å². The molecule has 0 aliphatic heterocycles. The average Bonchev–Trinajstić information content (AvgIpc) is 3.09. The highest BCUT2D eigenvalue weighted by Gasteiger charge is 2.17. The van der Waals surface area contributed by atoms with Gasteiger partial charge in [0.2, 0.25) is 0 Å². The summed E-state index contributed by atoms with van der Waals surface area (Å²) < 4.78 is 2.43. The number of carbonyl (C=O) groups excluding carboxylic acids is 1. The number of para-hydroxylation sites is 1. The van der Waals surface area contributed by atoms with Crippen LogP contribution >= 0.6 is 15.9 Å². The molecule has 6 nitrogen and oxygen atoms in total. The molecule has 0 spiro atoms. The Hall–Kier alpha value is -2.54. The maximum absolute atomic E-state index is 12.6. The van der Waals surface area contributed by atoms with Crippen LogP contribution in [0, 0.1) is 0 Å². The first kappa shape index (κ1) is 15.4. The lowest BCUT2D eigenvalue weighted by Gasteiger charge is -2.17. The fraction of sp³-hybridized carbons (Fsp3) is 0.125. The molecule has 3 rings (SSSR count). The Balaban J connectivity index is 1.86. The summed E-state index contributed by atoms with van der Waals surface area (Å²) >= 11 is 3.51. The van der Waals surface area contributed by atoms with Crippen molar-refractivity contribution in [2.45, 2.75) is 13.0 Å². The van der Waals surface area contributed by atoms with Gasteiger partial charge in [-0.15, -0.1) is 5.10 Å². The van der Waals surface area contributed by atoms with E-state index in [1.54, 1.807) is 12.1 Å². The summed E-state index contributed by atoms with van der Waals surface area (Å²) in [6.45, 7) is 1.94. The first-order valence-electron chi connectivity index (χ1n) is 7.04. The number of rotatable bonds is 4. The summed E-state index contributed by atoms with van der Waals surface area (Å²) in [4.78, 5) is 12.6. The predicted octanol–water partition coefficient (Wildman–Crippen LogP) is 2.92. The summed E-state index contributed by atoms with van der Waals surface area (Å²) in [6.07, 6.45) is 1.46. The highest BCUT2D eigenvalue weighted by atomic mass is 79.9. The molecule has 2 aromatic carbocycles. The van der Waals surface area contributed by atoms with Gasteiger partial charge in [-0.05, 0) is 41.1 Å². The third kappa shape index (κ3) is 3.29. The third-order valence-electron chi connectivity index (χ3n) is 3.46. The monoisotopic (exact) mass is 371 g/mol. The fourth-order valence-corrected chi connectivity index (χ4v) is 2.94. The molecule has 1 atom stereocenters. The summed E-state index contributed by atoms with van der Waals surface area (Å²) in [5.74, 6) is -0.181. The third-order valence-corrected chi connectivity index (χ3v) is 4.19. The number of carbonyl (C=O) groups is 1. The van der Waals surface area contributed by atoms with Crippen LogP contribution < -0.4 is 5.32 Å². The summed E-state index contributed by atoms with van der Waals surface area (Å²) in [5, 5.41) is 14.1. The van der Waals surface area contributed by atoms with E-state index in [0.29, 0.717) is 11.3 Å². The average molecular weight is 372 g/mol. The number of hydrogen-bond donors (Lipinski definition) is 1. The second-order valence-electron chi connectivity index (χ2n) is 4.99. The molecule has 0 bridgehead atoms. The van der Waals surface area contributed by atoms with Crippen molar-refractivity contribution in [2.75, 3.05) is 0 Å². The lowest BCUT2D eigenvalue weighted by atomic mass is 10.1. The number of hydrogen-bond acceptors (Lipinski definition) is 4. The largest absolute Gasteiger partial charge is 0.345 e. The fourth-order valence-electron chi connectivity index (χ4n) is 2.32. The van der Waals surface area contributed by atoms with Crippen LogP contribution in [0.4, 0.5) is 0 Å². The number of nitrogens with one attached hydrogen (secondary N) is 1. The Bertz CT molecular complexity index is 819. The van der Waals surface area contributed by atoms with Crippen molar-refractivity contribution in [3.05, 3.63) is 70.5 Å². The topological polar surface area (TPSA) is 72.7 Å². The number of aromatic nitrogens is 4. The predicted molar refractivity (Wildman–Crippen MR) is 89.2 cm³/mol. The lowest BCUT2D eigenvalue weighted by molar-refractivity contribution is 0.0939. The molecule has 1 amide bonds. The van der Waals surface area contributed by atoms with Crippen LogP contribution in [0.1, 0.15) is 28.9 Å². The molecule has 0 aliphatic carbocycles. The molecule has 3 aromatic rings. The van der Waals surface area contributed by atoms with E-state index in [0.717, 1.165) is 10.0 Å². The van der Waals surface area contributed by atoms with Crippen LogP contribution in [0.5, 0.6) is 0 Å². The van der Waals surface area contributed by atoms with Gasteiger partial charge < -0.3 is 5.32 Å². The molecule has 0 saturated heterocycles. The van der Waals surface area contributed by atoms with Crippen LogP contribution in [-0.2, 0) is 0 Å². The molecule has 0 aliphatic rings. The molecule has 1 N–H and O–H groups in total. The van der Waals surface area contributed by atoms with Crippen LogP contribution in [-0.4, -0.2) is 26.1 Å². The number of amides is 1. The molecular weight excluding hydrogens is 358 g/mol. The minimum atomic E-state index is -0.181. The highest BCUT2D eigenvalue weighted by Crippen LogP contribution is 2.23. The van der Waals surface area contributed by atoms with Crippen LogP contribution in [0.15, 0.2) is 59.3 Å². The zero-order valence-corrected chi connectivity index (χ0v) is 13.9. The van der Waals surface area contributed by atoms with E-state index in [9.17, 15) is 4.79 Å². The molecule has 7 heteroatoms.